The molecule has 0 saturated heterocycles. The van der Waals surface area contributed by atoms with Crippen molar-refractivity contribution in [3.05, 3.63) is 78.1 Å². The lowest BCUT2D eigenvalue weighted by atomic mass is 10.1. The van der Waals surface area contributed by atoms with Gasteiger partial charge < -0.3 is 5.32 Å². The van der Waals surface area contributed by atoms with Crippen molar-refractivity contribution in [2.75, 3.05) is 6.54 Å². The van der Waals surface area contributed by atoms with Crippen molar-refractivity contribution in [1.82, 2.24) is 20.3 Å². The maximum Gasteiger partial charge on any atom is 0.273 e. The van der Waals surface area contributed by atoms with E-state index in [1.54, 1.807) is 61.6 Å². The molecule has 0 spiro atoms. The summed E-state index contributed by atoms with van der Waals surface area (Å²) in [5.74, 6) is -0.470. The molecular formula is C18H18N4O3S. The molecule has 0 radical (unpaired) electrons. The van der Waals surface area contributed by atoms with Crippen molar-refractivity contribution in [3.63, 3.8) is 0 Å². The first-order valence-corrected chi connectivity index (χ1v) is 9.51. The number of hydrogen-bond donors (Lipinski definition) is 1. The first kappa shape index (κ1) is 17.8. The molecule has 1 unspecified atom stereocenters. The molecule has 1 heterocycles. The van der Waals surface area contributed by atoms with Crippen LogP contribution >= 0.6 is 0 Å². The van der Waals surface area contributed by atoms with Crippen LogP contribution in [0.1, 0.15) is 21.3 Å². The number of benzene rings is 2. The maximum absolute atomic E-state index is 13.1. The van der Waals surface area contributed by atoms with Crippen LogP contribution in [0.2, 0.25) is 0 Å². The van der Waals surface area contributed by atoms with Crippen molar-refractivity contribution in [2.24, 2.45) is 7.05 Å². The highest BCUT2D eigenvalue weighted by atomic mass is 32.2. The van der Waals surface area contributed by atoms with E-state index in [2.05, 4.69) is 15.6 Å². The van der Waals surface area contributed by atoms with Crippen LogP contribution < -0.4 is 5.32 Å². The second-order valence-corrected chi connectivity index (χ2v) is 7.88. The van der Waals surface area contributed by atoms with Gasteiger partial charge in [0.15, 0.2) is 15.5 Å². The van der Waals surface area contributed by atoms with Crippen LogP contribution in [-0.2, 0) is 16.9 Å². The summed E-state index contributed by atoms with van der Waals surface area (Å²) >= 11 is 0. The van der Waals surface area contributed by atoms with E-state index in [0.717, 1.165) is 0 Å². The molecule has 2 aromatic carbocycles. The van der Waals surface area contributed by atoms with Gasteiger partial charge in [0.05, 0.1) is 11.1 Å². The number of carbonyl (C=O) groups excluding carboxylic acids is 1. The average molecular weight is 370 g/mol. The van der Waals surface area contributed by atoms with Crippen LogP contribution in [0.25, 0.3) is 0 Å². The minimum absolute atomic E-state index is 0.0728. The van der Waals surface area contributed by atoms with E-state index in [9.17, 15) is 13.2 Å². The first-order chi connectivity index (χ1) is 12.5. The molecule has 0 bridgehead atoms. The summed E-state index contributed by atoms with van der Waals surface area (Å²) in [5.41, 5.74) is 0.743. The van der Waals surface area contributed by atoms with E-state index in [1.807, 2.05) is 6.07 Å². The number of nitrogens with one attached hydrogen (secondary N) is 1. The Bertz CT molecular complexity index is 986. The highest BCUT2D eigenvalue weighted by molar-refractivity contribution is 7.91. The Hall–Kier alpha value is -3.00. The molecule has 0 aliphatic heterocycles. The van der Waals surface area contributed by atoms with Crippen LogP contribution in [0.4, 0.5) is 0 Å². The first-order valence-electron chi connectivity index (χ1n) is 7.97. The van der Waals surface area contributed by atoms with Gasteiger partial charge in [0.2, 0.25) is 0 Å². The number of carbonyl (C=O) groups is 1. The number of hydrogen-bond acceptors (Lipinski definition) is 5. The van der Waals surface area contributed by atoms with Crippen LogP contribution in [0.5, 0.6) is 0 Å². The summed E-state index contributed by atoms with van der Waals surface area (Å²) < 4.78 is 27.6. The average Bonchev–Trinajstić information content (AvgIpc) is 3.10. The lowest BCUT2D eigenvalue weighted by molar-refractivity contribution is 0.0948. The van der Waals surface area contributed by atoms with Gasteiger partial charge in [-0.05, 0) is 17.7 Å². The largest absolute Gasteiger partial charge is 0.349 e. The molecule has 0 saturated carbocycles. The monoisotopic (exact) mass is 370 g/mol. The Labute approximate surface area is 151 Å². The van der Waals surface area contributed by atoms with E-state index in [1.165, 1.54) is 10.9 Å². The molecule has 0 aliphatic rings. The van der Waals surface area contributed by atoms with E-state index >= 15 is 0 Å². The summed E-state index contributed by atoms with van der Waals surface area (Å²) in [6.45, 7) is -0.0728. The zero-order chi connectivity index (χ0) is 18.6. The van der Waals surface area contributed by atoms with E-state index in [0.29, 0.717) is 5.56 Å². The Morgan fingerprint density at radius 3 is 2.27 bits per heavy atom. The molecule has 3 aromatic rings. The molecule has 1 amide bonds. The standard InChI is InChI=1S/C18H18N4O3S/c1-22-13-16(20-21-22)18(23)19-12-17(14-8-4-2-5-9-14)26(24,25)15-10-6-3-7-11-15/h2-11,13,17H,12H2,1H3,(H,19,23). The molecule has 8 heteroatoms. The third kappa shape index (κ3) is 3.80. The second-order valence-electron chi connectivity index (χ2n) is 5.74. The molecular weight excluding hydrogens is 352 g/mol. The fraction of sp³-hybridized carbons (Fsp3) is 0.167. The van der Waals surface area contributed by atoms with E-state index in [-0.39, 0.29) is 17.1 Å². The molecule has 26 heavy (non-hydrogen) atoms. The normalized spacial score (nSPS) is 12.5. The van der Waals surface area contributed by atoms with Crippen LogP contribution in [0, 0.1) is 0 Å². The quantitative estimate of drug-likeness (QED) is 0.713. The van der Waals surface area contributed by atoms with Crippen molar-refractivity contribution in [3.8, 4) is 0 Å². The van der Waals surface area contributed by atoms with Crippen LogP contribution in [-0.4, -0.2) is 35.9 Å². The summed E-state index contributed by atoms with van der Waals surface area (Å²) in [6, 6.07) is 17.0. The van der Waals surface area contributed by atoms with Crippen molar-refractivity contribution in [2.45, 2.75) is 10.1 Å². The number of aromatic nitrogens is 3. The van der Waals surface area contributed by atoms with Crippen LogP contribution in [0.15, 0.2) is 71.8 Å². The van der Waals surface area contributed by atoms with Crippen molar-refractivity contribution >= 4 is 15.7 Å². The van der Waals surface area contributed by atoms with Gasteiger partial charge in [0.1, 0.15) is 5.25 Å². The van der Waals surface area contributed by atoms with Gasteiger partial charge in [-0.2, -0.15) is 0 Å². The third-order valence-corrected chi connectivity index (χ3v) is 6.02. The topological polar surface area (TPSA) is 94.0 Å². The maximum atomic E-state index is 13.1. The van der Waals surface area contributed by atoms with Gasteiger partial charge in [-0.3, -0.25) is 9.48 Å². The zero-order valence-electron chi connectivity index (χ0n) is 14.1. The van der Waals surface area contributed by atoms with Crippen LogP contribution in [0.3, 0.4) is 0 Å². The Kier molecular flexibility index (Phi) is 5.13. The lowest BCUT2D eigenvalue weighted by Gasteiger charge is -2.18. The fourth-order valence-corrected chi connectivity index (χ4v) is 4.26. The van der Waals surface area contributed by atoms with Gasteiger partial charge in [-0.25, -0.2) is 8.42 Å². The fourth-order valence-electron chi connectivity index (χ4n) is 2.58. The number of amides is 1. The molecule has 3 rings (SSSR count). The van der Waals surface area contributed by atoms with Crippen molar-refractivity contribution < 1.29 is 13.2 Å². The zero-order valence-corrected chi connectivity index (χ0v) is 14.9. The highest BCUT2D eigenvalue weighted by Gasteiger charge is 2.29. The minimum atomic E-state index is -3.68. The van der Waals surface area contributed by atoms with E-state index in [4.69, 9.17) is 0 Å². The van der Waals surface area contributed by atoms with Crippen molar-refractivity contribution in [1.29, 1.82) is 0 Å². The number of sulfone groups is 1. The van der Waals surface area contributed by atoms with Gasteiger partial charge >= 0.3 is 0 Å². The highest BCUT2D eigenvalue weighted by Crippen LogP contribution is 2.28. The SMILES string of the molecule is Cn1cc(C(=O)NCC(c2ccccc2)S(=O)(=O)c2ccccc2)nn1. The molecule has 1 atom stereocenters. The smallest absolute Gasteiger partial charge is 0.273 e. The lowest BCUT2D eigenvalue weighted by Crippen LogP contribution is -2.32. The Morgan fingerprint density at radius 2 is 1.69 bits per heavy atom. The van der Waals surface area contributed by atoms with Gasteiger partial charge in [0.25, 0.3) is 5.91 Å². The van der Waals surface area contributed by atoms with Gasteiger partial charge in [0, 0.05) is 13.6 Å². The minimum Gasteiger partial charge on any atom is -0.349 e. The predicted octanol–water partition coefficient (Wildman–Crippen LogP) is 1.76. The molecule has 7 nitrogen and oxygen atoms in total. The summed E-state index contributed by atoms with van der Waals surface area (Å²) in [5, 5.41) is 9.19. The molecule has 0 fully saturated rings. The number of rotatable bonds is 6. The Balaban J connectivity index is 1.88. The summed E-state index contributed by atoms with van der Waals surface area (Å²) in [4.78, 5) is 12.4. The molecule has 1 N–H and O–H groups in total. The Morgan fingerprint density at radius 1 is 1.08 bits per heavy atom. The summed E-state index contributed by atoms with van der Waals surface area (Å²) in [7, 11) is -2.03. The molecule has 0 aliphatic carbocycles. The number of aryl methyl sites for hydroxylation is 1. The summed E-state index contributed by atoms with van der Waals surface area (Å²) in [6.07, 6.45) is 1.47. The van der Waals surface area contributed by atoms with Gasteiger partial charge in [-0.15, -0.1) is 5.10 Å². The predicted molar refractivity (Wildman–Crippen MR) is 96.1 cm³/mol. The van der Waals surface area contributed by atoms with E-state index < -0.39 is 21.0 Å². The number of nitrogens with zero attached hydrogens (tertiary/aromatic N) is 3. The molecule has 1 aromatic heterocycles. The molecule has 134 valence electrons. The third-order valence-electron chi connectivity index (χ3n) is 3.90. The van der Waals surface area contributed by atoms with Gasteiger partial charge in [-0.1, -0.05) is 53.7 Å². The second kappa shape index (κ2) is 7.49.